The van der Waals surface area contributed by atoms with E-state index in [0.717, 1.165) is 9.13 Å². The minimum absolute atomic E-state index is 0.00744. The van der Waals surface area contributed by atoms with Gasteiger partial charge in [-0.05, 0) is 12.1 Å². The fourth-order valence-electron chi connectivity index (χ4n) is 1.76. The number of aliphatic imine (C=N–C) groups is 1. The normalized spacial score (nSPS) is 11.3. The quantitative estimate of drug-likeness (QED) is 0.658. The molecule has 1 aromatic heterocycles. The predicted octanol–water partition coefficient (Wildman–Crippen LogP) is 2.38. The molecule has 0 spiro atoms. The fraction of sp³-hybridized carbons (Fsp3) is 0.154. The second kappa shape index (κ2) is 6.16. The van der Waals surface area contributed by atoms with E-state index in [0.29, 0.717) is 10.7 Å². The van der Waals surface area contributed by atoms with E-state index >= 15 is 0 Å². The summed E-state index contributed by atoms with van der Waals surface area (Å²) >= 11 is 17.8. The lowest BCUT2D eigenvalue weighted by Crippen LogP contribution is -2.40. The van der Waals surface area contributed by atoms with Crippen LogP contribution >= 0.6 is 34.8 Å². The molecule has 2 rings (SSSR count). The van der Waals surface area contributed by atoms with Gasteiger partial charge in [-0.25, -0.2) is 4.79 Å². The Balaban J connectivity index is 2.60. The van der Waals surface area contributed by atoms with Gasteiger partial charge in [-0.3, -0.25) is 18.9 Å². The summed E-state index contributed by atoms with van der Waals surface area (Å²) in [4.78, 5) is 27.9. The Morgan fingerprint density at radius 1 is 1.09 bits per heavy atom. The Morgan fingerprint density at radius 3 is 2.36 bits per heavy atom. The van der Waals surface area contributed by atoms with Gasteiger partial charge in [0.05, 0.1) is 26.3 Å². The zero-order valence-electron chi connectivity index (χ0n) is 11.6. The second-order valence-electron chi connectivity index (χ2n) is 4.46. The molecule has 116 valence electrons. The number of halogens is 3. The van der Waals surface area contributed by atoms with Gasteiger partial charge in [0, 0.05) is 20.3 Å². The molecule has 1 heterocycles. The summed E-state index contributed by atoms with van der Waals surface area (Å²) in [5.41, 5.74) is 5.11. The van der Waals surface area contributed by atoms with Gasteiger partial charge in [-0.1, -0.05) is 34.8 Å². The van der Waals surface area contributed by atoms with Gasteiger partial charge in [-0.15, -0.1) is 0 Å². The zero-order valence-corrected chi connectivity index (χ0v) is 13.9. The molecule has 0 atom stereocenters. The van der Waals surface area contributed by atoms with E-state index in [-0.39, 0.29) is 21.4 Å². The van der Waals surface area contributed by atoms with Crippen molar-refractivity contribution in [3.8, 4) is 0 Å². The maximum absolute atomic E-state index is 12.1. The lowest BCUT2D eigenvalue weighted by molar-refractivity contribution is 0.692. The molecule has 2 aromatic rings. The number of anilines is 1. The van der Waals surface area contributed by atoms with Gasteiger partial charge in [0.1, 0.15) is 5.82 Å². The number of benzene rings is 1. The van der Waals surface area contributed by atoms with Crippen molar-refractivity contribution in [2.45, 2.75) is 0 Å². The SMILES string of the molecule is Cn1c(N)c(C=Nc2ccc(Cl)c(Cl)c2Cl)c(=O)n(C)c1=O. The van der Waals surface area contributed by atoms with Crippen LogP contribution in [-0.4, -0.2) is 15.3 Å². The number of nitrogen functional groups attached to an aromatic ring is 1. The minimum Gasteiger partial charge on any atom is -0.384 e. The molecule has 0 amide bonds. The summed E-state index contributed by atoms with van der Waals surface area (Å²) in [5, 5.41) is 0.619. The molecule has 0 aliphatic heterocycles. The summed E-state index contributed by atoms with van der Waals surface area (Å²) in [6.45, 7) is 0. The average Bonchev–Trinajstić information content (AvgIpc) is 2.50. The van der Waals surface area contributed by atoms with Gasteiger partial charge in [0.25, 0.3) is 5.56 Å². The van der Waals surface area contributed by atoms with Crippen molar-refractivity contribution in [2.24, 2.45) is 19.1 Å². The van der Waals surface area contributed by atoms with Crippen LogP contribution in [0.5, 0.6) is 0 Å². The lowest BCUT2D eigenvalue weighted by Gasteiger charge is -2.08. The largest absolute Gasteiger partial charge is 0.384 e. The van der Waals surface area contributed by atoms with Crippen molar-refractivity contribution >= 4 is 52.5 Å². The van der Waals surface area contributed by atoms with Crippen molar-refractivity contribution < 1.29 is 0 Å². The van der Waals surface area contributed by atoms with Crippen LogP contribution in [0.1, 0.15) is 5.56 Å². The highest BCUT2D eigenvalue weighted by Crippen LogP contribution is 2.37. The van der Waals surface area contributed by atoms with E-state index in [4.69, 9.17) is 40.5 Å². The first-order chi connectivity index (χ1) is 10.3. The van der Waals surface area contributed by atoms with Crippen LogP contribution in [0.3, 0.4) is 0 Å². The zero-order chi connectivity index (χ0) is 16.6. The molecular formula is C13H11Cl3N4O2. The highest BCUT2D eigenvalue weighted by atomic mass is 35.5. The van der Waals surface area contributed by atoms with Crippen molar-refractivity contribution in [3.63, 3.8) is 0 Å². The van der Waals surface area contributed by atoms with Crippen LogP contribution in [-0.2, 0) is 14.1 Å². The van der Waals surface area contributed by atoms with Crippen LogP contribution in [0.2, 0.25) is 15.1 Å². The lowest BCUT2D eigenvalue weighted by atomic mass is 10.3. The van der Waals surface area contributed by atoms with Gasteiger partial charge >= 0.3 is 5.69 Å². The van der Waals surface area contributed by atoms with Crippen molar-refractivity contribution in [3.05, 3.63) is 53.6 Å². The molecule has 0 unspecified atom stereocenters. The van der Waals surface area contributed by atoms with Gasteiger partial charge in [0.15, 0.2) is 0 Å². The Morgan fingerprint density at radius 2 is 1.73 bits per heavy atom. The van der Waals surface area contributed by atoms with E-state index in [1.807, 2.05) is 0 Å². The smallest absolute Gasteiger partial charge is 0.332 e. The molecule has 0 radical (unpaired) electrons. The molecule has 0 saturated heterocycles. The number of hydrogen-bond donors (Lipinski definition) is 1. The van der Waals surface area contributed by atoms with Crippen LogP contribution < -0.4 is 17.0 Å². The number of nitrogens with two attached hydrogens (primary N) is 1. The van der Waals surface area contributed by atoms with Crippen molar-refractivity contribution in [1.82, 2.24) is 9.13 Å². The number of rotatable bonds is 2. The van der Waals surface area contributed by atoms with Crippen LogP contribution in [0.25, 0.3) is 0 Å². The molecule has 9 heteroatoms. The molecule has 0 aliphatic carbocycles. The summed E-state index contributed by atoms with van der Waals surface area (Å²) in [6.07, 6.45) is 1.24. The van der Waals surface area contributed by atoms with E-state index in [1.54, 1.807) is 6.07 Å². The van der Waals surface area contributed by atoms with Crippen LogP contribution in [0.15, 0.2) is 26.7 Å². The molecule has 0 bridgehead atoms. The topological polar surface area (TPSA) is 82.4 Å². The van der Waals surface area contributed by atoms with Crippen molar-refractivity contribution in [1.29, 1.82) is 0 Å². The Labute approximate surface area is 140 Å². The maximum Gasteiger partial charge on any atom is 0.332 e. The molecule has 22 heavy (non-hydrogen) atoms. The van der Waals surface area contributed by atoms with Crippen LogP contribution in [0.4, 0.5) is 11.5 Å². The Bertz CT molecular complexity index is 900. The summed E-state index contributed by atoms with van der Waals surface area (Å²) < 4.78 is 2.09. The molecule has 6 nitrogen and oxygen atoms in total. The molecule has 0 aliphatic rings. The van der Waals surface area contributed by atoms with Gasteiger partial charge < -0.3 is 5.73 Å². The van der Waals surface area contributed by atoms with E-state index in [2.05, 4.69) is 4.99 Å². The Hall–Kier alpha value is -1.76. The minimum atomic E-state index is -0.555. The van der Waals surface area contributed by atoms with E-state index in [1.165, 1.54) is 26.4 Å². The molecular weight excluding hydrogens is 351 g/mol. The highest BCUT2D eigenvalue weighted by molar-refractivity contribution is 6.49. The first kappa shape index (κ1) is 16.6. The number of hydrogen-bond acceptors (Lipinski definition) is 4. The first-order valence-electron chi connectivity index (χ1n) is 5.98. The number of aromatic nitrogens is 2. The fourth-order valence-corrected chi connectivity index (χ4v) is 2.34. The summed E-state index contributed by atoms with van der Waals surface area (Å²) in [5.74, 6) is 0.00744. The second-order valence-corrected chi connectivity index (χ2v) is 5.62. The third-order valence-electron chi connectivity index (χ3n) is 3.09. The molecule has 2 N–H and O–H groups in total. The molecule has 0 saturated carbocycles. The number of nitrogens with zero attached hydrogens (tertiary/aromatic N) is 3. The first-order valence-corrected chi connectivity index (χ1v) is 7.12. The third kappa shape index (κ3) is 2.77. The monoisotopic (exact) mass is 360 g/mol. The predicted molar refractivity (Wildman–Crippen MR) is 90.1 cm³/mol. The maximum atomic E-state index is 12.1. The van der Waals surface area contributed by atoms with E-state index < -0.39 is 11.2 Å². The molecule has 0 fully saturated rings. The summed E-state index contributed by atoms with van der Waals surface area (Å²) in [6, 6.07) is 3.08. The average molecular weight is 362 g/mol. The highest BCUT2D eigenvalue weighted by Gasteiger charge is 2.12. The standard InChI is InChI=1S/C13H11Cl3N4O2/c1-19-11(17)6(12(21)20(2)13(19)22)5-18-8-4-3-7(14)9(15)10(8)16/h3-5H,17H2,1-2H3. The summed E-state index contributed by atoms with van der Waals surface area (Å²) in [7, 11) is 2.81. The molecule has 1 aromatic carbocycles. The Kier molecular flexibility index (Phi) is 4.65. The van der Waals surface area contributed by atoms with Gasteiger partial charge in [-0.2, -0.15) is 0 Å². The van der Waals surface area contributed by atoms with Gasteiger partial charge in [0.2, 0.25) is 0 Å². The van der Waals surface area contributed by atoms with Crippen LogP contribution in [0, 0.1) is 0 Å². The van der Waals surface area contributed by atoms with Crippen molar-refractivity contribution in [2.75, 3.05) is 5.73 Å². The third-order valence-corrected chi connectivity index (χ3v) is 4.38. The van der Waals surface area contributed by atoms with E-state index in [9.17, 15) is 9.59 Å².